The number of benzene rings is 2. The topological polar surface area (TPSA) is 64.0 Å². The number of aryl methyl sites for hydroxylation is 1. The van der Waals surface area contributed by atoms with Crippen LogP contribution in [0, 0.1) is 0 Å². The highest BCUT2D eigenvalue weighted by atomic mass is 16.6. The first-order chi connectivity index (χ1) is 16.5. The Morgan fingerprint density at radius 3 is 2.41 bits per heavy atom. The van der Waals surface area contributed by atoms with Gasteiger partial charge in [0.15, 0.2) is 0 Å². The van der Waals surface area contributed by atoms with Crippen LogP contribution < -0.4 is 4.74 Å². The number of hydrogen-bond acceptors (Lipinski definition) is 4. The number of amides is 2. The van der Waals surface area contributed by atoms with Gasteiger partial charge in [0.1, 0.15) is 5.75 Å². The molecule has 180 valence electrons. The summed E-state index contributed by atoms with van der Waals surface area (Å²) in [6.45, 7) is 7.14. The molecule has 7 nitrogen and oxygen atoms in total. The zero-order valence-electron chi connectivity index (χ0n) is 20.2. The Kier molecular flexibility index (Phi) is 7.40. The molecule has 7 heteroatoms. The Morgan fingerprint density at radius 2 is 1.71 bits per heavy atom. The van der Waals surface area contributed by atoms with Crippen LogP contribution >= 0.6 is 0 Å². The van der Waals surface area contributed by atoms with Crippen molar-refractivity contribution in [1.82, 2.24) is 14.4 Å². The van der Waals surface area contributed by atoms with Crippen molar-refractivity contribution in [1.29, 1.82) is 0 Å². The second-order valence-corrected chi connectivity index (χ2v) is 8.49. The summed E-state index contributed by atoms with van der Waals surface area (Å²) < 4.78 is 12.8. The SMILES string of the molecule is CCOC(=O)N1CCN(C(=O)CC(c2cccc(OC)c2)c2cn(CC)c3ccccc23)CC1. The number of carbonyl (C=O) groups excluding carboxylic acids is 2. The highest BCUT2D eigenvalue weighted by Gasteiger charge is 2.29. The standard InChI is InChI=1S/C27H33N3O4/c1-4-28-19-24(22-11-6-7-12-25(22)28)23(20-9-8-10-21(17-20)33-3)18-26(31)29-13-15-30(16-14-29)27(32)34-5-2/h6-12,17,19,23H,4-5,13-16,18H2,1-3H3. The van der Waals surface area contributed by atoms with E-state index < -0.39 is 0 Å². The molecule has 2 heterocycles. The molecule has 0 spiro atoms. The zero-order chi connectivity index (χ0) is 24.1. The van der Waals surface area contributed by atoms with Crippen molar-refractivity contribution < 1.29 is 19.1 Å². The Bertz CT molecular complexity index is 1150. The lowest BCUT2D eigenvalue weighted by Gasteiger charge is -2.34. The van der Waals surface area contributed by atoms with Gasteiger partial charge in [-0.25, -0.2) is 4.79 Å². The molecule has 1 aliphatic heterocycles. The molecule has 0 N–H and O–H groups in total. The van der Waals surface area contributed by atoms with Crippen LogP contribution in [0.1, 0.15) is 37.3 Å². The van der Waals surface area contributed by atoms with Gasteiger partial charge in [0.2, 0.25) is 5.91 Å². The number of hydrogen-bond donors (Lipinski definition) is 0. The van der Waals surface area contributed by atoms with E-state index in [2.05, 4.69) is 35.9 Å². The number of piperazine rings is 1. The van der Waals surface area contributed by atoms with Gasteiger partial charge < -0.3 is 23.8 Å². The van der Waals surface area contributed by atoms with Gasteiger partial charge in [-0.15, -0.1) is 0 Å². The van der Waals surface area contributed by atoms with Crippen LogP contribution in [0.4, 0.5) is 4.79 Å². The molecule has 1 fully saturated rings. The molecule has 1 unspecified atom stereocenters. The van der Waals surface area contributed by atoms with Gasteiger partial charge in [-0.05, 0) is 43.2 Å². The number of para-hydroxylation sites is 1. The van der Waals surface area contributed by atoms with Crippen molar-refractivity contribution in [2.45, 2.75) is 32.7 Å². The molecule has 4 rings (SSSR count). The quantitative estimate of drug-likeness (QED) is 0.518. The maximum Gasteiger partial charge on any atom is 0.409 e. The molecule has 0 aliphatic carbocycles. The second kappa shape index (κ2) is 10.6. The molecule has 0 radical (unpaired) electrons. The summed E-state index contributed by atoms with van der Waals surface area (Å²) in [5.41, 5.74) is 3.37. The van der Waals surface area contributed by atoms with E-state index in [1.165, 1.54) is 5.52 Å². The average molecular weight is 464 g/mol. The van der Waals surface area contributed by atoms with Crippen LogP contribution in [0.15, 0.2) is 54.7 Å². The lowest BCUT2D eigenvalue weighted by atomic mass is 9.87. The summed E-state index contributed by atoms with van der Waals surface area (Å²) in [6, 6.07) is 16.3. The molecule has 0 saturated carbocycles. The van der Waals surface area contributed by atoms with Crippen LogP contribution in [0.2, 0.25) is 0 Å². The molecule has 0 bridgehead atoms. The number of ether oxygens (including phenoxy) is 2. The molecule has 34 heavy (non-hydrogen) atoms. The molecule has 1 aliphatic rings. The Morgan fingerprint density at radius 1 is 0.971 bits per heavy atom. The van der Waals surface area contributed by atoms with Gasteiger partial charge >= 0.3 is 6.09 Å². The van der Waals surface area contributed by atoms with Crippen molar-refractivity contribution in [3.8, 4) is 5.75 Å². The van der Waals surface area contributed by atoms with Gasteiger partial charge in [0, 0.05) is 62.2 Å². The minimum atomic E-state index is -0.309. The molecule has 1 aromatic heterocycles. The lowest BCUT2D eigenvalue weighted by Crippen LogP contribution is -2.50. The summed E-state index contributed by atoms with van der Waals surface area (Å²) >= 11 is 0. The largest absolute Gasteiger partial charge is 0.497 e. The van der Waals surface area contributed by atoms with E-state index in [0.717, 1.165) is 28.8 Å². The van der Waals surface area contributed by atoms with E-state index in [4.69, 9.17) is 9.47 Å². The van der Waals surface area contributed by atoms with Gasteiger partial charge in [-0.1, -0.05) is 30.3 Å². The van der Waals surface area contributed by atoms with E-state index in [1.54, 1.807) is 18.9 Å². The van der Waals surface area contributed by atoms with Crippen LogP contribution in [0.5, 0.6) is 5.75 Å². The molecular formula is C27H33N3O4. The predicted molar refractivity (Wildman–Crippen MR) is 132 cm³/mol. The lowest BCUT2D eigenvalue weighted by molar-refractivity contribution is -0.133. The number of methoxy groups -OCH3 is 1. The maximum atomic E-state index is 13.5. The second-order valence-electron chi connectivity index (χ2n) is 8.49. The normalized spacial score (nSPS) is 14.8. The third kappa shape index (κ3) is 4.88. The van der Waals surface area contributed by atoms with Crippen molar-refractivity contribution in [3.63, 3.8) is 0 Å². The first-order valence-electron chi connectivity index (χ1n) is 12.0. The number of aromatic nitrogens is 1. The monoisotopic (exact) mass is 463 g/mol. The molecule has 3 aromatic rings. The fourth-order valence-electron chi connectivity index (χ4n) is 4.74. The van der Waals surface area contributed by atoms with Gasteiger partial charge in [-0.2, -0.15) is 0 Å². The van der Waals surface area contributed by atoms with E-state index >= 15 is 0 Å². The highest BCUT2D eigenvalue weighted by Crippen LogP contribution is 2.36. The summed E-state index contributed by atoms with van der Waals surface area (Å²) in [7, 11) is 1.66. The number of nitrogens with zero attached hydrogens (tertiary/aromatic N) is 3. The average Bonchev–Trinajstić information content (AvgIpc) is 3.26. The first kappa shape index (κ1) is 23.7. The van der Waals surface area contributed by atoms with Crippen LogP contribution in [-0.4, -0.2) is 66.3 Å². The summed E-state index contributed by atoms with van der Waals surface area (Å²) in [5, 5.41) is 1.16. The smallest absolute Gasteiger partial charge is 0.409 e. The number of rotatable bonds is 7. The fourth-order valence-corrected chi connectivity index (χ4v) is 4.74. The van der Waals surface area contributed by atoms with Crippen molar-refractivity contribution in [2.24, 2.45) is 0 Å². The van der Waals surface area contributed by atoms with Crippen molar-refractivity contribution >= 4 is 22.9 Å². The Labute approximate surface area is 200 Å². The Hall–Kier alpha value is -3.48. The van der Waals surface area contributed by atoms with Gasteiger partial charge in [0.25, 0.3) is 0 Å². The number of fused-ring (bicyclic) bond motifs is 1. The summed E-state index contributed by atoms with van der Waals surface area (Å²) in [6.07, 6.45) is 2.22. The van der Waals surface area contributed by atoms with Crippen LogP contribution in [0.25, 0.3) is 10.9 Å². The molecular weight excluding hydrogens is 430 g/mol. The third-order valence-electron chi connectivity index (χ3n) is 6.57. The molecule has 1 atom stereocenters. The number of carbonyl (C=O) groups is 2. The molecule has 1 saturated heterocycles. The predicted octanol–water partition coefficient (Wildman–Crippen LogP) is 4.49. The minimum absolute atomic E-state index is 0.0876. The third-order valence-corrected chi connectivity index (χ3v) is 6.57. The highest BCUT2D eigenvalue weighted by molar-refractivity contribution is 5.87. The van der Waals surface area contributed by atoms with E-state index in [1.807, 2.05) is 35.2 Å². The molecule has 2 aromatic carbocycles. The minimum Gasteiger partial charge on any atom is -0.497 e. The van der Waals surface area contributed by atoms with E-state index in [-0.39, 0.29) is 17.9 Å². The van der Waals surface area contributed by atoms with Crippen molar-refractivity contribution in [3.05, 3.63) is 65.9 Å². The first-order valence-corrected chi connectivity index (χ1v) is 12.0. The molecule has 2 amide bonds. The van der Waals surface area contributed by atoms with Crippen LogP contribution in [0.3, 0.4) is 0 Å². The summed E-state index contributed by atoms with van der Waals surface area (Å²) in [5.74, 6) is 0.755. The van der Waals surface area contributed by atoms with E-state index in [9.17, 15) is 9.59 Å². The zero-order valence-corrected chi connectivity index (χ0v) is 20.2. The van der Waals surface area contributed by atoms with Crippen molar-refractivity contribution in [2.75, 3.05) is 39.9 Å². The maximum absolute atomic E-state index is 13.5. The van der Waals surface area contributed by atoms with Crippen LogP contribution in [-0.2, 0) is 16.1 Å². The van der Waals surface area contributed by atoms with Gasteiger partial charge in [-0.3, -0.25) is 4.79 Å². The summed E-state index contributed by atoms with van der Waals surface area (Å²) in [4.78, 5) is 29.0. The van der Waals surface area contributed by atoms with Gasteiger partial charge in [0.05, 0.1) is 13.7 Å². The fraction of sp³-hybridized carbons (Fsp3) is 0.407. The van der Waals surface area contributed by atoms with E-state index in [0.29, 0.717) is 39.2 Å². The Balaban J connectivity index is 1.62.